The molecule has 2 aromatic rings. The Labute approximate surface area is 205 Å². The van der Waals surface area contributed by atoms with Gasteiger partial charge < -0.3 is 19.7 Å². The van der Waals surface area contributed by atoms with Crippen LogP contribution in [0.2, 0.25) is 0 Å². The van der Waals surface area contributed by atoms with Gasteiger partial charge in [0.15, 0.2) is 0 Å². The third-order valence-corrected chi connectivity index (χ3v) is 7.69. The quantitative estimate of drug-likeness (QED) is 0.599. The van der Waals surface area contributed by atoms with Crippen LogP contribution in [0.3, 0.4) is 0 Å². The van der Waals surface area contributed by atoms with Gasteiger partial charge in [0.1, 0.15) is 5.75 Å². The van der Waals surface area contributed by atoms with Crippen molar-refractivity contribution in [3.05, 3.63) is 60.2 Å². The molecule has 1 fully saturated rings. The first-order valence-corrected chi connectivity index (χ1v) is 12.9. The summed E-state index contributed by atoms with van der Waals surface area (Å²) in [6.45, 7) is 9.02. The highest BCUT2D eigenvalue weighted by Crippen LogP contribution is 2.32. The highest BCUT2D eigenvalue weighted by Gasteiger charge is 2.31. The summed E-state index contributed by atoms with van der Waals surface area (Å²) in [6, 6.07) is 11.6. The van der Waals surface area contributed by atoms with Crippen LogP contribution in [-0.4, -0.2) is 68.4 Å². The molecule has 2 aliphatic heterocycles. The lowest BCUT2D eigenvalue weighted by molar-refractivity contribution is -0.116. The summed E-state index contributed by atoms with van der Waals surface area (Å²) in [7, 11) is -3.75. The first-order chi connectivity index (χ1) is 16.7. The van der Waals surface area contributed by atoms with Gasteiger partial charge in [-0.1, -0.05) is 24.8 Å². The third-order valence-electron chi connectivity index (χ3n) is 5.80. The Kier molecular flexibility index (Phi) is 7.25. The topological polar surface area (TPSA) is 105 Å². The molecule has 0 spiro atoms. The number of carbonyl (C=O) groups is 2. The summed E-state index contributed by atoms with van der Waals surface area (Å²) in [5.74, 6) is -0.208. The third kappa shape index (κ3) is 5.24. The number of sulfonamides is 1. The van der Waals surface area contributed by atoms with Crippen molar-refractivity contribution in [3.63, 3.8) is 0 Å². The number of nitrogens with one attached hydrogen (secondary N) is 1. The Bertz CT molecular complexity index is 1220. The second-order valence-corrected chi connectivity index (χ2v) is 10.5. The fraction of sp³-hybridized carbons (Fsp3) is 0.360. The first-order valence-electron chi connectivity index (χ1n) is 11.5. The van der Waals surface area contributed by atoms with Crippen molar-refractivity contribution in [1.29, 1.82) is 0 Å². The minimum atomic E-state index is -3.75. The van der Waals surface area contributed by atoms with Crippen LogP contribution >= 0.6 is 0 Å². The van der Waals surface area contributed by atoms with E-state index < -0.39 is 10.0 Å². The Morgan fingerprint density at radius 2 is 1.83 bits per heavy atom. The van der Waals surface area contributed by atoms with Gasteiger partial charge >= 0.3 is 0 Å². The van der Waals surface area contributed by atoms with Crippen LogP contribution in [0.5, 0.6) is 5.75 Å². The van der Waals surface area contributed by atoms with Crippen LogP contribution in [-0.2, 0) is 19.6 Å². The van der Waals surface area contributed by atoms with Gasteiger partial charge in [-0.15, -0.1) is 0 Å². The number of carbonyl (C=O) groups excluding carboxylic acids is 2. The molecule has 0 saturated carbocycles. The maximum absolute atomic E-state index is 13.1. The maximum atomic E-state index is 13.1. The van der Waals surface area contributed by atoms with E-state index in [-0.39, 0.29) is 54.6 Å². The molecule has 2 heterocycles. The molecule has 2 amide bonds. The van der Waals surface area contributed by atoms with E-state index in [9.17, 15) is 18.0 Å². The lowest BCUT2D eigenvalue weighted by Gasteiger charge is -2.26. The van der Waals surface area contributed by atoms with Crippen LogP contribution in [0.1, 0.15) is 36.2 Å². The molecule has 0 unspecified atom stereocenters. The van der Waals surface area contributed by atoms with E-state index in [0.717, 1.165) is 5.56 Å². The summed E-state index contributed by atoms with van der Waals surface area (Å²) >= 11 is 0. The summed E-state index contributed by atoms with van der Waals surface area (Å²) in [4.78, 5) is 27.1. The van der Waals surface area contributed by atoms with Crippen molar-refractivity contribution >= 4 is 33.2 Å². The molecular formula is C25H29N3O6S. The normalized spacial score (nSPS) is 16.5. The summed E-state index contributed by atoms with van der Waals surface area (Å²) in [5, 5.41) is 2.77. The van der Waals surface area contributed by atoms with Gasteiger partial charge in [0.25, 0.3) is 5.91 Å². The van der Waals surface area contributed by atoms with Gasteiger partial charge in [0, 0.05) is 42.9 Å². The van der Waals surface area contributed by atoms with Crippen molar-refractivity contribution in [2.45, 2.75) is 31.3 Å². The molecule has 0 aliphatic carbocycles. The number of benzene rings is 2. The average Bonchev–Trinajstić information content (AvgIpc) is 3.08. The van der Waals surface area contributed by atoms with Gasteiger partial charge in [0.05, 0.1) is 29.9 Å². The fourth-order valence-electron chi connectivity index (χ4n) is 4.06. The van der Waals surface area contributed by atoms with Gasteiger partial charge in [-0.25, -0.2) is 8.42 Å². The van der Waals surface area contributed by atoms with Crippen LogP contribution < -0.4 is 10.1 Å². The predicted octanol–water partition coefficient (Wildman–Crippen LogP) is 2.95. The number of morpholine rings is 1. The molecule has 2 aromatic carbocycles. The smallest absolute Gasteiger partial charge is 0.258 e. The minimum absolute atomic E-state index is 0.000306. The van der Waals surface area contributed by atoms with Crippen molar-refractivity contribution in [3.8, 4) is 5.75 Å². The largest absolute Gasteiger partial charge is 0.489 e. The standard InChI is InChI=1S/C25H29N3O6S/c1-17(2)34-23-9-8-19(35(31,32)27-12-14-33-15-13-27)16-22(23)26-24(29)10-11-28-18(3)20-6-4-5-7-21(20)25(28)30/h4-9,16-17H,3,10-15H2,1-2H3,(H,26,29). The van der Waals surface area contributed by atoms with E-state index in [4.69, 9.17) is 9.47 Å². The van der Waals surface area contributed by atoms with Crippen LogP contribution in [0.4, 0.5) is 5.69 Å². The average molecular weight is 500 g/mol. The second-order valence-electron chi connectivity index (χ2n) is 8.59. The molecule has 10 heteroatoms. The molecule has 1 N–H and O–H groups in total. The lowest BCUT2D eigenvalue weighted by atomic mass is 10.1. The maximum Gasteiger partial charge on any atom is 0.258 e. The second kappa shape index (κ2) is 10.2. The highest BCUT2D eigenvalue weighted by atomic mass is 32.2. The number of ether oxygens (including phenoxy) is 2. The van der Waals surface area contributed by atoms with Crippen LogP contribution in [0.15, 0.2) is 53.9 Å². The zero-order chi connectivity index (χ0) is 25.2. The molecule has 0 bridgehead atoms. The van der Waals surface area contributed by atoms with Crippen molar-refractivity contribution in [2.75, 3.05) is 38.2 Å². The Balaban J connectivity index is 1.50. The number of amides is 2. The van der Waals surface area contributed by atoms with Crippen molar-refractivity contribution in [2.24, 2.45) is 0 Å². The number of hydrogen-bond acceptors (Lipinski definition) is 6. The molecular weight excluding hydrogens is 470 g/mol. The molecule has 9 nitrogen and oxygen atoms in total. The zero-order valence-electron chi connectivity index (χ0n) is 19.8. The van der Waals surface area contributed by atoms with Crippen LogP contribution in [0, 0.1) is 0 Å². The van der Waals surface area contributed by atoms with E-state index in [1.165, 1.54) is 21.3 Å². The molecule has 35 heavy (non-hydrogen) atoms. The van der Waals surface area contributed by atoms with Gasteiger partial charge in [-0.2, -0.15) is 4.31 Å². The van der Waals surface area contributed by atoms with Gasteiger partial charge in [0.2, 0.25) is 15.9 Å². The van der Waals surface area contributed by atoms with Crippen LogP contribution in [0.25, 0.3) is 5.70 Å². The van der Waals surface area contributed by atoms with Crippen molar-refractivity contribution < 1.29 is 27.5 Å². The van der Waals surface area contributed by atoms with Gasteiger partial charge in [-0.3, -0.25) is 9.59 Å². The number of hydrogen-bond donors (Lipinski definition) is 1. The molecule has 0 atom stereocenters. The summed E-state index contributed by atoms with van der Waals surface area (Å²) in [6.07, 6.45) is -0.184. The molecule has 0 radical (unpaired) electrons. The summed E-state index contributed by atoms with van der Waals surface area (Å²) < 4.78 is 38.6. The molecule has 2 aliphatic rings. The summed E-state index contributed by atoms with van der Waals surface area (Å²) in [5.41, 5.74) is 2.13. The Hall–Kier alpha value is -3.21. The lowest BCUT2D eigenvalue weighted by Crippen LogP contribution is -2.40. The number of fused-ring (bicyclic) bond motifs is 1. The molecule has 0 aromatic heterocycles. The predicted molar refractivity (Wildman–Crippen MR) is 132 cm³/mol. The van der Waals surface area contributed by atoms with Crippen molar-refractivity contribution in [1.82, 2.24) is 9.21 Å². The van der Waals surface area contributed by atoms with E-state index in [1.54, 1.807) is 18.2 Å². The number of rotatable bonds is 8. The number of nitrogens with zero attached hydrogens (tertiary/aromatic N) is 2. The first kappa shape index (κ1) is 24.9. The van der Waals surface area contributed by atoms with E-state index in [1.807, 2.05) is 26.0 Å². The Morgan fingerprint density at radius 3 is 2.49 bits per heavy atom. The molecule has 186 valence electrons. The van der Waals surface area contributed by atoms with E-state index in [2.05, 4.69) is 11.9 Å². The fourth-order valence-corrected chi connectivity index (χ4v) is 5.49. The van der Waals surface area contributed by atoms with E-state index in [0.29, 0.717) is 30.2 Å². The Morgan fingerprint density at radius 1 is 1.14 bits per heavy atom. The highest BCUT2D eigenvalue weighted by molar-refractivity contribution is 7.89. The van der Waals surface area contributed by atoms with E-state index >= 15 is 0 Å². The monoisotopic (exact) mass is 499 g/mol. The van der Waals surface area contributed by atoms with Gasteiger partial charge in [-0.05, 0) is 38.1 Å². The molecule has 1 saturated heterocycles. The zero-order valence-corrected chi connectivity index (χ0v) is 20.6. The molecule has 4 rings (SSSR count). The number of anilines is 1. The minimum Gasteiger partial charge on any atom is -0.489 e. The SMILES string of the molecule is C=C1c2ccccc2C(=O)N1CCC(=O)Nc1cc(S(=O)(=O)N2CCOCC2)ccc1OC(C)C.